The Morgan fingerprint density at radius 2 is 2.06 bits per heavy atom. The van der Waals surface area contributed by atoms with Crippen molar-refractivity contribution in [3.05, 3.63) is 59.1 Å². The van der Waals surface area contributed by atoms with E-state index in [4.69, 9.17) is 4.52 Å². The van der Waals surface area contributed by atoms with E-state index in [1.165, 1.54) is 4.90 Å². The van der Waals surface area contributed by atoms with Crippen molar-refractivity contribution >= 4 is 23.2 Å². The zero-order chi connectivity index (χ0) is 23.5. The van der Waals surface area contributed by atoms with Crippen LogP contribution in [0.4, 0.5) is 0 Å². The lowest BCUT2D eigenvalue weighted by Gasteiger charge is -2.28. The van der Waals surface area contributed by atoms with Crippen LogP contribution in [0.2, 0.25) is 0 Å². The Hall–Kier alpha value is -3.04. The molecule has 0 spiro atoms. The first-order chi connectivity index (χ1) is 15.8. The summed E-state index contributed by atoms with van der Waals surface area (Å²) in [6.45, 7) is 6.12. The number of nitrogens with one attached hydrogen (secondary N) is 1. The molecule has 3 heterocycles. The Morgan fingerprint density at radius 1 is 1.30 bits per heavy atom. The van der Waals surface area contributed by atoms with Gasteiger partial charge < -0.3 is 19.8 Å². The lowest BCUT2D eigenvalue weighted by molar-refractivity contribution is -0.141. The molecule has 2 aromatic heterocycles. The summed E-state index contributed by atoms with van der Waals surface area (Å²) in [6, 6.07) is 8.94. The van der Waals surface area contributed by atoms with Gasteiger partial charge in [-0.3, -0.25) is 14.6 Å². The number of carbonyl (C=O) groups is 2. The highest BCUT2D eigenvalue weighted by atomic mass is 32.1. The summed E-state index contributed by atoms with van der Waals surface area (Å²) in [7, 11) is 0. The van der Waals surface area contributed by atoms with Gasteiger partial charge in [0.25, 0.3) is 0 Å². The number of carbonyl (C=O) groups excluding carboxylic acids is 2. The summed E-state index contributed by atoms with van der Waals surface area (Å²) in [6.07, 6.45) is 1.29. The van der Waals surface area contributed by atoms with Gasteiger partial charge in [0.1, 0.15) is 17.7 Å². The van der Waals surface area contributed by atoms with Crippen LogP contribution in [0.3, 0.4) is 0 Å². The fourth-order valence-corrected chi connectivity index (χ4v) is 4.83. The molecule has 174 valence electrons. The van der Waals surface area contributed by atoms with E-state index in [1.807, 2.05) is 44.3 Å². The van der Waals surface area contributed by atoms with E-state index in [9.17, 15) is 14.7 Å². The normalized spacial score (nSPS) is 19.1. The smallest absolute Gasteiger partial charge is 0.243 e. The lowest BCUT2D eigenvalue weighted by Crippen LogP contribution is -2.48. The Balaban J connectivity index is 1.43. The van der Waals surface area contributed by atoms with Crippen molar-refractivity contribution in [1.82, 2.24) is 20.4 Å². The number of aromatic nitrogens is 2. The first-order valence-corrected chi connectivity index (χ1v) is 11.9. The van der Waals surface area contributed by atoms with E-state index in [2.05, 4.69) is 15.5 Å². The van der Waals surface area contributed by atoms with E-state index < -0.39 is 18.1 Å². The third kappa shape index (κ3) is 5.15. The van der Waals surface area contributed by atoms with Gasteiger partial charge in [-0.2, -0.15) is 0 Å². The van der Waals surface area contributed by atoms with E-state index in [0.29, 0.717) is 18.0 Å². The van der Waals surface area contributed by atoms with Gasteiger partial charge in [-0.15, -0.1) is 11.3 Å². The molecule has 0 saturated carbocycles. The number of rotatable bonds is 7. The number of amides is 2. The molecule has 9 heteroatoms. The maximum atomic E-state index is 13.4. The van der Waals surface area contributed by atoms with Gasteiger partial charge in [-0.1, -0.05) is 43.3 Å². The molecule has 1 fully saturated rings. The SMILES string of the molecule is Cc1cc([C@H](C(=O)N2C[C@H](O)C[C@H]2C(=O)NCc2ccc(-c3cncs3)cc2)C(C)C)on1. The number of thiazole rings is 1. The Kier molecular flexibility index (Phi) is 6.90. The van der Waals surface area contributed by atoms with Crippen LogP contribution in [-0.2, 0) is 16.1 Å². The predicted molar refractivity (Wildman–Crippen MR) is 124 cm³/mol. The first kappa shape index (κ1) is 23.1. The molecule has 0 aliphatic carbocycles. The zero-order valence-electron chi connectivity index (χ0n) is 18.9. The second-order valence-corrected chi connectivity index (χ2v) is 9.66. The van der Waals surface area contributed by atoms with Gasteiger partial charge in [0.2, 0.25) is 11.8 Å². The van der Waals surface area contributed by atoms with Crippen molar-refractivity contribution in [2.75, 3.05) is 6.54 Å². The Bertz CT molecular complexity index is 1090. The van der Waals surface area contributed by atoms with Crippen LogP contribution in [0.5, 0.6) is 0 Å². The first-order valence-electron chi connectivity index (χ1n) is 11.0. The maximum Gasteiger partial charge on any atom is 0.243 e. The van der Waals surface area contributed by atoms with Crippen molar-refractivity contribution in [3.63, 3.8) is 0 Å². The van der Waals surface area contributed by atoms with Crippen molar-refractivity contribution in [2.24, 2.45) is 5.92 Å². The van der Waals surface area contributed by atoms with Gasteiger partial charge in [-0.25, -0.2) is 0 Å². The molecule has 3 aromatic rings. The third-order valence-electron chi connectivity index (χ3n) is 5.89. The zero-order valence-corrected chi connectivity index (χ0v) is 19.7. The molecule has 2 amide bonds. The molecule has 1 aliphatic rings. The number of benzene rings is 1. The molecular weight excluding hydrogens is 440 g/mol. The Morgan fingerprint density at radius 3 is 2.67 bits per heavy atom. The standard InChI is InChI=1S/C24H28N4O4S/c1-14(2)22(20-8-15(3)27-32-20)24(31)28-12-18(29)9-19(28)23(30)26-10-16-4-6-17(7-5-16)21-11-25-13-33-21/h4-8,11,13-14,18-19,22,29H,9-10,12H2,1-3H3,(H,26,30)/t18-,19+,22-/m1/s1. The molecule has 4 rings (SSSR count). The van der Waals surface area contributed by atoms with E-state index in [-0.39, 0.29) is 30.7 Å². The number of aliphatic hydroxyl groups excluding tert-OH is 1. The average Bonchev–Trinajstić information content (AvgIpc) is 3.54. The molecule has 2 N–H and O–H groups in total. The van der Waals surface area contributed by atoms with Crippen LogP contribution in [0.15, 0.2) is 46.6 Å². The number of likely N-dealkylation sites (tertiary alicyclic amines) is 1. The molecule has 33 heavy (non-hydrogen) atoms. The van der Waals surface area contributed by atoms with Gasteiger partial charge in [0, 0.05) is 31.8 Å². The molecule has 0 bridgehead atoms. The van der Waals surface area contributed by atoms with Crippen LogP contribution in [-0.4, -0.2) is 50.7 Å². The molecule has 1 saturated heterocycles. The highest BCUT2D eigenvalue weighted by Crippen LogP contribution is 2.31. The van der Waals surface area contributed by atoms with Gasteiger partial charge in [-0.05, 0) is 24.0 Å². The van der Waals surface area contributed by atoms with Crippen LogP contribution < -0.4 is 5.32 Å². The second-order valence-electron chi connectivity index (χ2n) is 8.77. The summed E-state index contributed by atoms with van der Waals surface area (Å²) in [4.78, 5) is 33.1. The third-order valence-corrected chi connectivity index (χ3v) is 6.71. The predicted octanol–water partition coefficient (Wildman–Crippen LogP) is 3.12. The van der Waals surface area contributed by atoms with Gasteiger partial charge in [0.05, 0.1) is 22.2 Å². The van der Waals surface area contributed by atoms with Crippen LogP contribution in [0, 0.1) is 12.8 Å². The molecule has 1 aromatic carbocycles. The molecule has 0 unspecified atom stereocenters. The van der Waals surface area contributed by atoms with Crippen molar-refractivity contribution < 1.29 is 19.2 Å². The molecule has 1 aliphatic heterocycles. The summed E-state index contributed by atoms with van der Waals surface area (Å²) < 4.78 is 5.37. The molecular formula is C24H28N4O4S. The number of hydrogen-bond donors (Lipinski definition) is 2. The minimum absolute atomic E-state index is 0.0524. The topological polar surface area (TPSA) is 109 Å². The quantitative estimate of drug-likeness (QED) is 0.552. The number of aryl methyl sites for hydroxylation is 1. The van der Waals surface area contributed by atoms with E-state index in [0.717, 1.165) is 16.0 Å². The Labute approximate surface area is 196 Å². The summed E-state index contributed by atoms with van der Waals surface area (Å²) in [5.41, 5.74) is 4.51. The van der Waals surface area contributed by atoms with E-state index >= 15 is 0 Å². The fourth-order valence-electron chi connectivity index (χ4n) is 4.20. The monoisotopic (exact) mass is 468 g/mol. The molecule has 3 atom stereocenters. The summed E-state index contributed by atoms with van der Waals surface area (Å²) in [5.74, 6) is -0.641. The van der Waals surface area contributed by atoms with Crippen LogP contribution in [0.25, 0.3) is 10.4 Å². The van der Waals surface area contributed by atoms with Crippen molar-refractivity contribution in [1.29, 1.82) is 0 Å². The van der Waals surface area contributed by atoms with Crippen molar-refractivity contribution in [3.8, 4) is 10.4 Å². The van der Waals surface area contributed by atoms with Gasteiger partial charge >= 0.3 is 0 Å². The number of aliphatic hydroxyl groups is 1. The van der Waals surface area contributed by atoms with E-state index in [1.54, 1.807) is 29.8 Å². The molecule has 0 radical (unpaired) electrons. The maximum absolute atomic E-state index is 13.4. The highest BCUT2D eigenvalue weighted by Gasteiger charge is 2.43. The van der Waals surface area contributed by atoms with Gasteiger partial charge in [0.15, 0.2) is 0 Å². The molecule has 8 nitrogen and oxygen atoms in total. The lowest BCUT2D eigenvalue weighted by atomic mass is 9.91. The number of nitrogens with zero attached hydrogens (tertiary/aromatic N) is 3. The summed E-state index contributed by atoms with van der Waals surface area (Å²) in [5, 5.41) is 17.1. The average molecular weight is 469 g/mol. The van der Waals surface area contributed by atoms with Crippen LogP contribution >= 0.6 is 11.3 Å². The number of hydrogen-bond acceptors (Lipinski definition) is 7. The minimum atomic E-state index is -0.743. The minimum Gasteiger partial charge on any atom is -0.391 e. The van der Waals surface area contributed by atoms with Crippen molar-refractivity contribution in [2.45, 2.75) is 51.8 Å². The number of β-amino-alcohol motifs (C(OH)–C–C–N with tert-alkyl or cyclic N) is 1. The highest BCUT2D eigenvalue weighted by molar-refractivity contribution is 7.13. The summed E-state index contributed by atoms with van der Waals surface area (Å²) >= 11 is 1.57. The largest absolute Gasteiger partial charge is 0.391 e. The second kappa shape index (κ2) is 9.84. The van der Waals surface area contributed by atoms with Crippen LogP contribution in [0.1, 0.15) is 43.2 Å². The fraction of sp³-hybridized carbons (Fsp3) is 0.417.